The Morgan fingerprint density at radius 2 is 1.67 bits per heavy atom. The van der Waals surface area contributed by atoms with Gasteiger partial charge in [-0.1, -0.05) is 50.3 Å². The van der Waals surface area contributed by atoms with E-state index in [1.807, 2.05) is 31.2 Å². The first kappa shape index (κ1) is 17.6. The molecule has 1 aromatic rings. The summed E-state index contributed by atoms with van der Waals surface area (Å²) in [7, 11) is 0. The first-order valence-corrected chi connectivity index (χ1v) is 6.49. The van der Waals surface area contributed by atoms with Crippen LogP contribution in [0, 0.1) is 6.92 Å². The first-order valence-electron chi connectivity index (χ1n) is 6.49. The van der Waals surface area contributed by atoms with Gasteiger partial charge >= 0.3 is 5.97 Å². The number of rotatable bonds is 7. The van der Waals surface area contributed by atoms with Crippen molar-refractivity contribution < 1.29 is 37.2 Å². The molecule has 0 heterocycles. The summed E-state index contributed by atoms with van der Waals surface area (Å²) < 4.78 is 5.24. The van der Waals surface area contributed by atoms with E-state index >= 15 is 0 Å². The van der Waals surface area contributed by atoms with Gasteiger partial charge in [-0.3, -0.25) is 4.79 Å². The van der Waals surface area contributed by atoms with E-state index < -0.39 is 0 Å². The van der Waals surface area contributed by atoms with Crippen molar-refractivity contribution in [3.63, 3.8) is 0 Å². The molecule has 0 saturated carbocycles. The molecular weight excluding hydrogens is 413 g/mol. The van der Waals surface area contributed by atoms with Crippen LogP contribution >= 0.6 is 0 Å². The fourth-order valence-corrected chi connectivity index (χ4v) is 1.66. The molecule has 96 valence electrons. The minimum Gasteiger partial charge on any atom is -0.427 e. The van der Waals surface area contributed by atoms with Crippen LogP contribution in [0.25, 0.3) is 0 Å². The monoisotopic (exact) mass is 436 g/mol. The Hall–Kier alpha value is -0.375. The summed E-state index contributed by atoms with van der Waals surface area (Å²) >= 11 is 0. The number of aryl methyl sites for hydroxylation is 1. The second-order valence-corrected chi connectivity index (χ2v) is 4.45. The molecule has 1 rings (SSSR count). The normalized spacial score (nSPS) is 9.67. The van der Waals surface area contributed by atoms with Crippen molar-refractivity contribution in [2.24, 2.45) is 0 Å². The van der Waals surface area contributed by atoms with Gasteiger partial charge in [0.15, 0.2) is 0 Å². The van der Waals surface area contributed by atoms with E-state index in [1.165, 1.54) is 24.8 Å². The van der Waals surface area contributed by atoms with Gasteiger partial charge < -0.3 is 4.74 Å². The SMILES string of the molecule is CCCCCCCC(=O)Oc1ccc(C)cc1.[Hg]. The van der Waals surface area contributed by atoms with Gasteiger partial charge in [-0.2, -0.15) is 0 Å². The maximum absolute atomic E-state index is 11.5. The molecule has 0 aromatic heterocycles. The zero-order valence-electron chi connectivity index (χ0n) is 11.6. The minimum absolute atomic E-state index is 0. The third kappa shape index (κ3) is 7.86. The summed E-state index contributed by atoms with van der Waals surface area (Å²) in [5, 5.41) is 0. The van der Waals surface area contributed by atoms with E-state index in [1.54, 1.807) is 0 Å². The molecule has 0 unspecified atom stereocenters. The minimum atomic E-state index is -0.120. The maximum atomic E-state index is 11.5. The van der Waals surface area contributed by atoms with Gasteiger partial charge in [-0.25, -0.2) is 0 Å². The van der Waals surface area contributed by atoms with Crippen LogP contribution in [0.4, 0.5) is 0 Å². The van der Waals surface area contributed by atoms with Crippen molar-refractivity contribution in [3.8, 4) is 5.75 Å². The zero-order valence-corrected chi connectivity index (χ0v) is 17.1. The molecule has 0 fully saturated rings. The number of hydrogen-bond donors (Lipinski definition) is 0. The molecule has 0 aliphatic rings. The second-order valence-electron chi connectivity index (χ2n) is 4.45. The van der Waals surface area contributed by atoms with Gasteiger partial charge in [0.2, 0.25) is 0 Å². The second kappa shape index (κ2) is 10.5. The van der Waals surface area contributed by atoms with Crippen LogP contribution in [0.5, 0.6) is 5.75 Å². The molecule has 2 nitrogen and oxygen atoms in total. The van der Waals surface area contributed by atoms with E-state index in [9.17, 15) is 4.79 Å². The summed E-state index contributed by atoms with van der Waals surface area (Å²) in [6.07, 6.45) is 6.29. The molecule has 0 saturated heterocycles. The summed E-state index contributed by atoms with van der Waals surface area (Å²) in [6, 6.07) is 7.57. The fraction of sp³-hybridized carbons (Fsp3) is 0.533. The molecule has 0 amide bonds. The average Bonchev–Trinajstić information content (AvgIpc) is 2.32. The molecule has 0 N–H and O–H groups in total. The van der Waals surface area contributed by atoms with E-state index in [4.69, 9.17) is 4.74 Å². The molecule has 0 spiro atoms. The smallest absolute Gasteiger partial charge is 0.311 e. The molecule has 0 radical (unpaired) electrons. The molecule has 0 bridgehead atoms. The molecule has 0 aliphatic heterocycles. The Kier molecular flexibility index (Phi) is 10.3. The Morgan fingerprint density at radius 3 is 2.28 bits per heavy atom. The summed E-state index contributed by atoms with van der Waals surface area (Å²) in [5.41, 5.74) is 1.17. The fourth-order valence-electron chi connectivity index (χ4n) is 1.66. The number of carbonyl (C=O) groups excluding carboxylic acids is 1. The Bertz CT molecular complexity index is 333. The summed E-state index contributed by atoms with van der Waals surface area (Å²) in [4.78, 5) is 11.5. The topological polar surface area (TPSA) is 26.3 Å². The number of esters is 1. The zero-order chi connectivity index (χ0) is 12.5. The van der Waals surface area contributed by atoms with Crippen molar-refractivity contribution in [2.45, 2.75) is 52.4 Å². The van der Waals surface area contributed by atoms with E-state index in [0.717, 1.165) is 12.8 Å². The standard InChI is InChI=1S/C15H22O2.Hg/c1-3-4-5-6-7-8-15(16)17-14-11-9-13(2)10-12-14;/h9-12H,3-8H2,1-2H3;. The summed E-state index contributed by atoms with van der Waals surface area (Å²) in [6.45, 7) is 4.20. The Labute approximate surface area is 131 Å². The van der Waals surface area contributed by atoms with Crippen molar-refractivity contribution in [2.75, 3.05) is 0 Å². The summed E-state index contributed by atoms with van der Waals surface area (Å²) in [5.74, 6) is 0.527. The van der Waals surface area contributed by atoms with Crippen molar-refractivity contribution in [3.05, 3.63) is 29.8 Å². The van der Waals surface area contributed by atoms with Crippen molar-refractivity contribution in [1.82, 2.24) is 0 Å². The van der Waals surface area contributed by atoms with E-state index in [0.29, 0.717) is 12.2 Å². The van der Waals surface area contributed by atoms with Gasteiger partial charge in [-0.15, -0.1) is 0 Å². The molecule has 1 aromatic carbocycles. The number of benzene rings is 1. The third-order valence-corrected chi connectivity index (χ3v) is 2.74. The number of unbranched alkanes of at least 4 members (excludes halogenated alkanes) is 4. The van der Waals surface area contributed by atoms with Crippen LogP contribution in [-0.4, -0.2) is 5.97 Å². The molecule has 0 aliphatic carbocycles. The quantitative estimate of drug-likeness (QED) is 0.277. The van der Waals surface area contributed by atoms with Gasteiger partial charge in [-0.05, 0) is 25.5 Å². The van der Waals surface area contributed by atoms with Gasteiger partial charge in [0.25, 0.3) is 0 Å². The Morgan fingerprint density at radius 1 is 1.06 bits per heavy atom. The van der Waals surface area contributed by atoms with Gasteiger partial charge in [0.05, 0.1) is 0 Å². The maximum Gasteiger partial charge on any atom is 0.311 e. The van der Waals surface area contributed by atoms with E-state index in [-0.39, 0.29) is 33.6 Å². The van der Waals surface area contributed by atoms with Crippen LogP contribution in [0.3, 0.4) is 0 Å². The van der Waals surface area contributed by atoms with Gasteiger partial charge in [0.1, 0.15) is 5.75 Å². The predicted molar refractivity (Wildman–Crippen MR) is 70.2 cm³/mol. The van der Waals surface area contributed by atoms with Crippen LogP contribution in [0.1, 0.15) is 51.0 Å². The molecule has 0 atom stereocenters. The molecule has 18 heavy (non-hydrogen) atoms. The van der Waals surface area contributed by atoms with Crippen LogP contribution in [-0.2, 0) is 32.5 Å². The predicted octanol–water partition coefficient (Wildman–Crippen LogP) is 4.26. The first-order chi connectivity index (χ1) is 8.22. The van der Waals surface area contributed by atoms with Crippen molar-refractivity contribution >= 4 is 5.97 Å². The average molecular weight is 435 g/mol. The Balaban J connectivity index is 0.00000289. The van der Waals surface area contributed by atoms with Crippen LogP contribution in [0.15, 0.2) is 24.3 Å². The third-order valence-electron chi connectivity index (χ3n) is 2.74. The molecule has 3 heteroatoms. The van der Waals surface area contributed by atoms with Gasteiger partial charge in [0, 0.05) is 34.1 Å². The number of ether oxygens (including phenoxy) is 1. The molecular formula is C15H22HgO2. The van der Waals surface area contributed by atoms with E-state index in [2.05, 4.69) is 6.92 Å². The van der Waals surface area contributed by atoms with Crippen molar-refractivity contribution in [1.29, 1.82) is 0 Å². The van der Waals surface area contributed by atoms with Crippen LogP contribution in [0.2, 0.25) is 0 Å². The number of hydrogen-bond acceptors (Lipinski definition) is 2. The van der Waals surface area contributed by atoms with Crippen LogP contribution < -0.4 is 4.74 Å². The largest absolute Gasteiger partial charge is 0.427 e. The number of carbonyl (C=O) groups is 1.